The van der Waals surface area contributed by atoms with Crippen LogP contribution in [-0.2, 0) is 10.0 Å². The molecular formula is C22H18ClF2N5O3S. The Morgan fingerprint density at radius 3 is 2.71 bits per heavy atom. The van der Waals surface area contributed by atoms with Crippen LogP contribution in [0, 0.1) is 11.6 Å². The maximum atomic E-state index is 14.9. The van der Waals surface area contributed by atoms with Gasteiger partial charge in [0.05, 0.1) is 23.3 Å². The Morgan fingerprint density at radius 2 is 1.97 bits per heavy atom. The van der Waals surface area contributed by atoms with Gasteiger partial charge in [-0.3, -0.25) is 14.6 Å². The summed E-state index contributed by atoms with van der Waals surface area (Å²) in [5, 5.41) is 10.5. The maximum absolute atomic E-state index is 14.9. The number of halogens is 3. The fourth-order valence-corrected chi connectivity index (χ4v) is 4.67. The van der Waals surface area contributed by atoms with Crippen LogP contribution in [0.15, 0.2) is 48.7 Å². The Kier molecular flexibility index (Phi) is 6.49. The van der Waals surface area contributed by atoms with Gasteiger partial charge in [-0.05, 0) is 36.8 Å². The molecule has 12 heteroatoms. The van der Waals surface area contributed by atoms with Crippen molar-refractivity contribution in [3.63, 3.8) is 0 Å². The first-order chi connectivity index (χ1) is 16.2. The van der Waals surface area contributed by atoms with Crippen LogP contribution < -0.4 is 10.0 Å². The van der Waals surface area contributed by atoms with Gasteiger partial charge in [0.2, 0.25) is 10.0 Å². The molecule has 0 aliphatic carbocycles. The Labute approximate surface area is 198 Å². The van der Waals surface area contributed by atoms with E-state index in [1.54, 1.807) is 37.3 Å². The average molecular weight is 506 g/mol. The molecule has 0 saturated carbocycles. The highest BCUT2D eigenvalue weighted by Gasteiger charge is 2.23. The van der Waals surface area contributed by atoms with Crippen LogP contribution >= 0.6 is 11.6 Å². The van der Waals surface area contributed by atoms with Gasteiger partial charge in [0, 0.05) is 16.0 Å². The van der Waals surface area contributed by atoms with Crippen LogP contribution in [0.3, 0.4) is 0 Å². The topological polar surface area (TPSA) is 117 Å². The maximum Gasteiger partial charge on any atom is 0.261 e. The minimum Gasteiger partial charge on any atom is -0.320 e. The highest BCUT2D eigenvalue weighted by molar-refractivity contribution is 7.92. The van der Waals surface area contributed by atoms with E-state index in [1.807, 2.05) is 4.72 Å². The zero-order chi connectivity index (χ0) is 24.5. The summed E-state index contributed by atoms with van der Waals surface area (Å²) >= 11 is 6.06. The number of carbonyl (C=O) groups is 1. The van der Waals surface area contributed by atoms with Gasteiger partial charge in [-0.15, -0.1) is 0 Å². The average Bonchev–Trinajstić information content (AvgIpc) is 3.19. The van der Waals surface area contributed by atoms with Crippen molar-refractivity contribution in [2.24, 2.45) is 0 Å². The Hall–Kier alpha value is -3.57. The summed E-state index contributed by atoms with van der Waals surface area (Å²) in [4.78, 5) is 16.9. The number of amides is 1. The first-order valence-corrected chi connectivity index (χ1v) is 12.1. The molecule has 4 aromatic rings. The molecule has 0 radical (unpaired) electrons. The number of nitrogens with zero attached hydrogens (tertiary/aromatic N) is 2. The van der Waals surface area contributed by atoms with Gasteiger partial charge in [-0.1, -0.05) is 30.7 Å². The predicted molar refractivity (Wildman–Crippen MR) is 126 cm³/mol. The molecule has 2 aromatic heterocycles. The summed E-state index contributed by atoms with van der Waals surface area (Å²) in [5.74, 6) is -3.84. The number of rotatable bonds is 7. The molecule has 2 heterocycles. The van der Waals surface area contributed by atoms with Gasteiger partial charge in [0.1, 0.15) is 17.1 Å². The molecule has 0 unspecified atom stereocenters. The van der Waals surface area contributed by atoms with Gasteiger partial charge in [0.15, 0.2) is 11.5 Å². The van der Waals surface area contributed by atoms with Crippen LogP contribution in [0.4, 0.5) is 20.2 Å². The minimum absolute atomic E-state index is 0.151. The molecule has 8 nitrogen and oxygen atoms in total. The van der Waals surface area contributed by atoms with Crippen molar-refractivity contribution in [3.8, 4) is 11.3 Å². The molecule has 176 valence electrons. The number of aromatic nitrogens is 3. The molecule has 0 aliphatic rings. The fraction of sp³-hybridized carbons (Fsp3) is 0.136. The highest BCUT2D eigenvalue weighted by atomic mass is 35.5. The molecule has 4 rings (SSSR count). The predicted octanol–water partition coefficient (Wildman–Crippen LogP) is 4.96. The summed E-state index contributed by atoms with van der Waals surface area (Å²) in [6.45, 7) is 1.64. The number of carbonyl (C=O) groups excluding carboxylic acids is 1. The van der Waals surface area contributed by atoms with E-state index < -0.39 is 38.8 Å². The molecule has 2 aromatic carbocycles. The largest absolute Gasteiger partial charge is 0.320 e. The summed E-state index contributed by atoms with van der Waals surface area (Å²) < 4.78 is 55.3. The van der Waals surface area contributed by atoms with Crippen molar-refractivity contribution >= 4 is 49.9 Å². The third kappa shape index (κ3) is 4.85. The van der Waals surface area contributed by atoms with Gasteiger partial charge in [-0.25, -0.2) is 22.2 Å². The Balaban J connectivity index is 1.66. The molecule has 0 atom stereocenters. The standard InChI is InChI=1S/C22H18ClF2N5O3S/c1-2-8-34(32,33)30-17-7-6-16(24)18(19(17)25)22(31)27-14-10-15-20(28-29-21(15)26-11-14)12-4-3-5-13(23)9-12/h3-7,9-11,30H,2,8H2,1H3,(H,27,31)(H,26,28,29). The zero-order valence-electron chi connectivity index (χ0n) is 17.7. The number of sulfonamides is 1. The van der Waals surface area contributed by atoms with Crippen molar-refractivity contribution in [1.29, 1.82) is 0 Å². The van der Waals surface area contributed by atoms with E-state index in [-0.39, 0.29) is 11.4 Å². The molecule has 0 fully saturated rings. The van der Waals surface area contributed by atoms with Crippen molar-refractivity contribution < 1.29 is 22.0 Å². The van der Waals surface area contributed by atoms with E-state index in [0.717, 1.165) is 12.1 Å². The molecule has 34 heavy (non-hydrogen) atoms. The van der Waals surface area contributed by atoms with E-state index in [2.05, 4.69) is 20.5 Å². The van der Waals surface area contributed by atoms with Crippen molar-refractivity contribution in [2.75, 3.05) is 15.8 Å². The summed E-state index contributed by atoms with van der Waals surface area (Å²) in [5.41, 5.74) is 0.347. The van der Waals surface area contributed by atoms with Gasteiger partial charge >= 0.3 is 0 Å². The molecule has 0 saturated heterocycles. The smallest absolute Gasteiger partial charge is 0.261 e. The quantitative estimate of drug-likeness (QED) is 0.328. The number of fused-ring (bicyclic) bond motifs is 1. The van der Waals surface area contributed by atoms with Crippen molar-refractivity contribution in [2.45, 2.75) is 13.3 Å². The van der Waals surface area contributed by atoms with Crippen LogP contribution in [0.5, 0.6) is 0 Å². The summed E-state index contributed by atoms with van der Waals surface area (Å²) in [6.07, 6.45) is 1.59. The Bertz CT molecular complexity index is 1510. The van der Waals surface area contributed by atoms with E-state index in [0.29, 0.717) is 33.7 Å². The lowest BCUT2D eigenvalue weighted by atomic mass is 10.1. The number of benzene rings is 2. The number of nitrogens with one attached hydrogen (secondary N) is 3. The van der Waals surface area contributed by atoms with Crippen LogP contribution in [0.2, 0.25) is 5.02 Å². The van der Waals surface area contributed by atoms with Crippen LogP contribution in [0.25, 0.3) is 22.3 Å². The summed E-state index contributed by atoms with van der Waals surface area (Å²) in [6, 6.07) is 10.2. The Morgan fingerprint density at radius 1 is 1.18 bits per heavy atom. The second-order valence-corrected chi connectivity index (χ2v) is 9.64. The first-order valence-electron chi connectivity index (χ1n) is 10.1. The van der Waals surface area contributed by atoms with Gasteiger partial charge in [-0.2, -0.15) is 5.10 Å². The normalized spacial score (nSPS) is 11.5. The highest BCUT2D eigenvalue weighted by Crippen LogP contribution is 2.29. The van der Waals surface area contributed by atoms with E-state index in [4.69, 9.17) is 11.6 Å². The number of anilines is 2. The van der Waals surface area contributed by atoms with Crippen molar-refractivity contribution in [1.82, 2.24) is 15.2 Å². The zero-order valence-corrected chi connectivity index (χ0v) is 19.3. The third-order valence-corrected chi connectivity index (χ3v) is 6.54. The van der Waals surface area contributed by atoms with Crippen LogP contribution in [0.1, 0.15) is 23.7 Å². The monoisotopic (exact) mass is 505 g/mol. The lowest BCUT2D eigenvalue weighted by Gasteiger charge is -2.12. The van der Waals surface area contributed by atoms with E-state index in [1.165, 1.54) is 6.20 Å². The van der Waals surface area contributed by atoms with E-state index >= 15 is 0 Å². The molecular weight excluding hydrogens is 488 g/mol. The number of pyridine rings is 1. The first kappa shape index (κ1) is 23.6. The number of aromatic amines is 1. The van der Waals surface area contributed by atoms with Gasteiger partial charge in [0.25, 0.3) is 5.91 Å². The SMILES string of the molecule is CCCS(=O)(=O)Nc1ccc(F)c(C(=O)Nc2cnc3[nH]nc(-c4cccc(Cl)c4)c3c2)c1F. The fourth-order valence-electron chi connectivity index (χ4n) is 3.35. The minimum atomic E-state index is -3.85. The van der Waals surface area contributed by atoms with Gasteiger partial charge < -0.3 is 5.32 Å². The molecule has 3 N–H and O–H groups in total. The molecule has 0 aliphatic heterocycles. The third-order valence-electron chi connectivity index (χ3n) is 4.83. The second-order valence-electron chi connectivity index (χ2n) is 7.36. The number of hydrogen-bond donors (Lipinski definition) is 3. The van der Waals surface area contributed by atoms with Crippen molar-refractivity contribution in [3.05, 3.63) is 70.9 Å². The number of H-pyrrole nitrogens is 1. The molecule has 0 spiro atoms. The summed E-state index contributed by atoms with van der Waals surface area (Å²) in [7, 11) is -3.85. The molecule has 1 amide bonds. The lowest BCUT2D eigenvalue weighted by Crippen LogP contribution is -2.20. The van der Waals surface area contributed by atoms with Crippen LogP contribution in [-0.4, -0.2) is 35.3 Å². The molecule has 0 bridgehead atoms. The lowest BCUT2D eigenvalue weighted by molar-refractivity contribution is 0.101. The number of hydrogen-bond acceptors (Lipinski definition) is 5. The second kappa shape index (κ2) is 9.35. The van der Waals surface area contributed by atoms with E-state index in [9.17, 15) is 22.0 Å².